The Balaban J connectivity index is 1.31. The van der Waals surface area contributed by atoms with E-state index in [9.17, 15) is 4.79 Å². The first-order valence-corrected chi connectivity index (χ1v) is 13.5. The highest BCUT2D eigenvalue weighted by Gasteiger charge is 2.46. The Morgan fingerprint density at radius 2 is 2.06 bits per heavy atom. The van der Waals surface area contributed by atoms with Gasteiger partial charge in [-0.1, -0.05) is 36.4 Å². The molecule has 1 amide bonds. The number of nitrogens with zero attached hydrogens (tertiary/aromatic N) is 4. The van der Waals surface area contributed by atoms with Gasteiger partial charge in [0, 0.05) is 61.5 Å². The summed E-state index contributed by atoms with van der Waals surface area (Å²) in [6, 6.07) is 14.4. The summed E-state index contributed by atoms with van der Waals surface area (Å²) < 4.78 is 0.884. The van der Waals surface area contributed by atoms with Crippen LogP contribution in [0.25, 0.3) is 0 Å². The summed E-state index contributed by atoms with van der Waals surface area (Å²) in [4.78, 5) is 29.3. The molecule has 0 radical (unpaired) electrons. The van der Waals surface area contributed by atoms with Crippen LogP contribution in [0, 0.1) is 11.8 Å². The van der Waals surface area contributed by atoms with E-state index in [0.717, 1.165) is 53.0 Å². The molecule has 186 valence electrons. The lowest BCUT2D eigenvalue weighted by Crippen LogP contribution is -2.43. The maximum Gasteiger partial charge on any atom is 0.226 e. The van der Waals surface area contributed by atoms with Crippen LogP contribution < -0.4 is 5.32 Å². The molecule has 5 rings (SSSR count). The van der Waals surface area contributed by atoms with Gasteiger partial charge in [-0.25, -0.2) is 0 Å². The van der Waals surface area contributed by atoms with Gasteiger partial charge in [0.15, 0.2) is 0 Å². The maximum atomic E-state index is 13.4. The van der Waals surface area contributed by atoms with Crippen LogP contribution >= 0.6 is 15.9 Å². The Labute approximate surface area is 221 Å². The van der Waals surface area contributed by atoms with Gasteiger partial charge >= 0.3 is 0 Å². The highest BCUT2D eigenvalue weighted by molar-refractivity contribution is 9.12. The van der Waals surface area contributed by atoms with Crippen LogP contribution in [0.5, 0.6) is 0 Å². The van der Waals surface area contributed by atoms with Gasteiger partial charge in [-0.15, -0.1) is 0 Å². The molecule has 1 N–H and O–H groups in total. The molecule has 0 bridgehead atoms. The number of carbonyl (C=O) groups is 1. The quantitative estimate of drug-likeness (QED) is 0.538. The Kier molecular flexibility index (Phi) is 7.75. The predicted octanol–water partition coefficient (Wildman–Crippen LogP) is 5.25. The molecule has 0 spiro atoms. The Hall–Kier alpha value is -3.06. The van der Waals surface area contributed by atoms with E-state index >= 15 is 0 Å². The van der Waals surface area contributed by atoms with Gasteiger partial charge in [-0.3, -0.25) is 19.8 Å². The monoisotopic (exact) mass is 545 g/mol. The van der Waals surface area contributed by atoms with Gasteiger partial charge in [0.1, 0.15) is 0 Å². The first-order valence-electron chi connectivity index (χ1n) is 12.7. The number of aromatic nitrogens is 1. The molecular weight excluding hydrogens is 514 g/mol. The van der Waals surface area contributed by atoms with E-state index in [0.29, 0.717) is 31.5 Å². The standard InChI is InChI=1S/C29H32BrN5O/c1-20-27(30)18-32-17-24(33-16-21-7-5-11-31-15-21)13-28(34-20)23-10-6-12-35(19-23)29(36)26-14-25(26)22-8-3-2-4-9-22/h2-5,7-9,11,13,15,18,23,25-26,33H,6,10,12,14,16-17,19H2,1H3/b24-13-,27-20?,32-18?,34-28?/t23?,25-,26+/m0/s1. The van der Waals surface area contributed by atoms with Crippen LogP contribution in [0.1, 0.15) is 43.2 Å². The van der Waals surface area contributed by atoms with E-state index in [4.69, 9.17) is 4.99 Å². The number of allylic oxidation sites excluding steroid dienone is 3. The van der Waals surface area contributed by atoms with Crippen LogP contribution in [0.15, 0.2) is 86.8 Å². The van der Waals surface area contributed by atoms with Crippen LogP contribution in [-0.4, -0.2) is 47.4 Å². The van der Waals surface area contributed by atoms with Gasteiger partial charge < -0.3 is 10.2 Å². The highest BCUT2D eigenvalue weighted by Crippen LogP contribution is 2.48. The number of amides is 1. The van der Waals surface area contributed by atoms with Crippen molar-refractivity contribution in [2.24, 2.45) is 21.8 Å². The normalized spacial score (nSPS) is 25.7. The Morgan fingerprint density at radius 3 is 2.86 bits per heavy atom. The first kappa shape index (κ1) is 24.6. The largest absolute Gasteiger partial charge is 0.383 e. The summed E-state index contributed by atoms with van der Waals surface area (Å²) in [7, 11) is 0. The summed E-state index contributed by atoms with van der Waals surface area (Å²) in [6.07, 6.45) is 10.6. The zero-order valence-electron chi connectivity index (χ0n) is 20.6. The SMILES string of the molecule is CC1=C(Br)C=NC/C(NCc2cccnc2)=C/C(C2CCCN(C(=O)[C@@H]3C[C@H]3c3ccccc3)C2)=N1. The van der Waals surface area contributed by atoms with Crippen molar-refractivity contribution < 1.29 is 4.79 Å². The molecule has 2 aliphatic heterocycles. The molecule has 3 aliphatic rings. The third kappa shape index (κ3) is 6.01. The summed E-state index contributed by atoms with van der Waals surface area (Å²) in [5.74, 6) is 0.973. The minimum atomic E-state index is 0.116. The molecule has 36 heavy (non-hydrogen) atoms. The molecule has 2 aromatic rings. The lowest BCUT2D eigenvalue weighted by molar-refractivity contribution is -0.134. The van der Waals surface area contributed by atoms with Gasteiger partial charge in [-0.05, 0) is 71.3 Å². The second-order valence-electron chi connectivity index (χ2n) is 9.81. The zero-order valence-corrected chi connectivity index (χ0v) is 22.2. The third-order valence-corrected chi connectivity index (χ3v) is 7.94. The summed E-state index contributed by atoms with van der Waals surface area (Å²) in [5.41, 5.74) is 5.31. The van der Waals surface area contributed by atoms with Crippen molar-refractivity contribution in [1.29, 1.82) is 0 Å². The van der Waals surface area contributed by atoms with Gasteiger partial charge in [-0.2, -0.15) is 0 Å². The number of hydrogen-bond donors (Lipinski definition) is 1. The van der Waals surface area contributed by atoms with Gasteiger partial charge in [0.05, 0.1) is 16.7 Å². The maximum absolute atomic E-state index is 13.4. The van der Waals surface area contributed by atoms with Crippen LogP contribution in [0.3, 0.4) is 0 Å². The number of aliphatic imine (C=N–C) groups is 2. The number of likely N-dealkylation sites (tertiary alicyclic amines) is 1. The van der Waals surface area contributed by atoms with Crippen molar-refractivity contribution >= 4 is 33.8 Å². The van der Waals surface area contributed by atoms with E-state index in [-0.39, 0.29) is 11.8 Å². The molecule has 1 aromatic heterocycles. The van der Waals surface area contributed by atoms with E-state index in [1.165, 1.54) is 5.56 Å². The second-order valence-corrected chi connectivity index (χ2v) is 10.7. The Bertz CT molecular complexity index is 1200. The zero-order chi connectivity index (χ0) is 24.9. The summed E-state index contributed by atoms with van der Waals surface area (Å²) in [5, 5.41) is 3.53. The van der Waals surface area contributed by atoms with Crippen molar-refractivity contribution in [1.82, 2.24) is 15.2 Å². The fourth-order valence-corrected chi connectivity index (χ4v) is 5.28. The van der Waals surface area contributed by atoms with Crippen LogP contribution in [0.4, 0.5) is 0 Å². The number of carbonyl (C=O) groups excluding carboxylic acids is 1. The van der Waals surface area contributed by atoms with E-state index in [2.05, 4.69) is 72.5 Å². The molecular formula is C29H32BrN5O. The van der Waals surface area contributed by atoms with Crippen molar-refractivity contribution in [3.8, 4) is 0 Å². The highest BCUT2D eigenvalue weighted by atomic mass is 79.9. The number of piperidine rings is 1. The third-order valence-electron chi connectivity index (χ3n) is 7.16. The number of rotatable bonds is 6. The van der Waals surface area contributed by atoms with Crippen molar-refractivity contribution in [2.75, 3.05) is 19.6 Å². The summed E-state index contributed by atoms with van der Waals surface area (Å²) >= 11 is 3.62. The minimum Gasteiger partial charge on any atom is -0.383 e. The average Bonchev–Trinajstić information content (AvgIpc) is 3.72. The van der Waals surface area contributed by atoms with Gasteiger partial charge in [0.25, 0.3) is 0 Å². The first-order chi connectivity index (χ1) is 17.6. The van der Waals surface area contributed by atoms with Gasteiger partial charge in [0.2, 0.25) is 5.91 Å². The Morgan fingerprint density at radius 1 is 1.19 bits per heavy atom. The van der Waals surface area contributed by atoms with E-state index in [1.807, 2.05) is 31.5 Å². The molecule has 1 aliphatic carbocycles. The molecule has 1 unspecified atom stereocenters. The molecule has 1 saturated carbocycles. The molecule has 7 heteroatoms. The molecule has 1 saturated heterocycles. The number of benzene rings is 1. The molecule has 3 heterocycles. The number of nitrogens with one attached hydrogen (secondary N) is 1. The lowest BCUT2D eigenvalue weighted by Gasteiger charge is -2.33. The van der Waals surface area contributed by atoms with E-state index in [1.54, 1.807) is 6.20 Å². The van der Waals surface area contributed by atoms with Crippen molar-refractivity contribution in [2.45, 2.75) is 38.6 Å². The number of halogens is 1. The van der Waals surface area contributed by atoms with Crippen LogP contribution in [0.2, 0.25) is 0 Å². The second kappa shape index (κ2) is 11.3. The molecule has 6 nitrogen and oxygen atoms in total. The smallest absolute Gasteiger partial charge is 0.226 e. The van der Waals surface area contributed by atoms with E-state index < -0.39 is 0 Å². The van der Waals surface area contributed by atoms with Crippen molar-refractivity contribution in [3.63, 3.8) is 0 Å². The molecule has 3 atom stereocenters. The predicted molar refractivity (Wildman–Crippen MR) is 148 cm³/mol. The fourth-order valence-electron chi connectivity index (χ4n) is 5.05. The fraction of sp³-hybridized carbons (Fsp3) is 0.379. The number of pyridine rings is 1. The lowest BCUT2D eigenvalue weighted by atomic mass is 9.91. The minimum absolute atomic E-state index is 0.116. The topological polar surface area (TPSA) is 70.0 Å². The summed E-state index contributed by atoms with van der Waals surface area (Å²) in [6.45, 7) is 4.76. The van der Waals surface area contributed by atoms with Crippen LogP contribution in [-0.2, 0) is 11.3 Å². The molecule has 2 fully saturated rings. The molecule has 1 aromatic carbocycles. The number of hydrogen-bond acceptors (Lipinski definition) is 5. The average molecular weight is 547 g/mol. The van der Waals surface area contributed by atoms with Crippen molar-refractivity contribution in [3.05, 3.63) is 87.9 Å².